The highest BCUT2D eigenvalue weighted by molar-refractivity contribution is 8.27. The molecular formula is C25H18ClNO3S2. The minimum absolute atomic E-state index is 0.0651. The third kappa shape index (κ3) is 4.93. The van der Waals surface area contributed by atoms with E-state index in [-0.39, 0.29) is 11.7 Å². The summed E-state index contributed by atoms with van der Waals surface area (Å²) in [5.74, 6) is 0.431. The van der Waals surface area contributed by atoms with Gasteiger partial charge >= 0.3 is 0 Å². The molecule has 0 unspecified atom stereocenters. The lowest BCUT2D eigenvalue weighted by molar-refractivity contribution is -0.113. The van der Waals surface area contributed by atoms with Crippen LogP contribution in [0.15, 0.2) is 77.7 Å². The molecule has 0 aromatic heterocycles. The number of carbonyl (C=O) groups is 2. The van der Waals surface area contributed by atoms with Crippen LogP contribution >= 0.6 is 35.6 Å². The minimum Gasteiger partial charge on any atom is -0.489 e. The second kappa shape index (κ2) is 9.69. The van der Waals surface area contributed by atoms with Crippen LogP contribution in [0.4, 0.5) is 5.69 Å². The summed E-state index contributed by atoms with van der Waals surface area (Å²) in [6.45, 7) is 1.86. The van der Waals surface area contributed by atoms with E-state index in [1.54, 1.807) is 30.3 Å². The molecule has 0 aliphatic carbocycles. The van der Waals surface area contributed by atoms with Crippen molar-refractivity contribution in [2.75, 3.05) is 4.90 Å². The molecule has 1 aliphatic heterocycles. The molecule has 7 heteroatoms. The molecule has 3 aromatic rings. The molecule has 0 saturated carbocycles. The molecule has 0 bridgehead atoms. The monoisotopic (exact) mass is 479 g/mol. The van der Waals surface area contributed by atoms with Crippen LogP contribution < -0.4 is 9.64 Å². The number of thioether (sulfide) groups is 1. The topological polar surface area (TPSA) is 46.6 Å². The van der Waals surface area contributed by atoms with Crippen molar-refractivity contribution in [3.05, 3.63) is 99.4 Å². The average Bonchev–Trinajstić information content (AvgIpc) is 3.07. The van der Waals surface area contributed by atoms with Crippen molar-refractivity contribution < 1.29 is 14.3 Å². The Kier molecular flexibility index (Phi) is 6.74. The number of Topliss-reactive ketones (excluding diaryl/α,β-unsaturated/α-hetero) is 1. The van der Waals surface area contributed by atoms with Crippen LogP contribution in [0.2, 0.25) is 5.02 Å². The Balaban J connectivity index is 1.47. The summed E-state index contributed by atoms with van der Waals surface area (Å²) < 4.78 is 6.24. The van der Waals surface area contributed by atoms with Gasteiger partial charge in [0.1, 0.15) is 12.4 Å². The number of anilines is 1. The quantitative estimate of drug-likeness (QED) is 0.228. The van der Waals surface area contributed by atoms with Gasteiger partial charge in [0.15, 0.2) is 10.1 Å². The van der Waals surface area contributed by atoms with Crippen molar-refractivity contribution in [3.63, 3.8) is 0 Å². The predicted molar refractivity (Wildman–Crippen MR) is 134 cm³/mol. The van der Waals surface area contributed by atoms with E-state index in [9.17, 15) is 9.59 Å². The highest BCUT2D eigenvalue weighted by Gasteiger charge is 2.33. The van der Waals surface area contributed by atoms with E-state index < -0.39 is 0 Å². The van der Waals surface area contributed by atoms with Crippen LogP contribution in [0.3, 0.4) is 0 Å². The van der Waals surface area contributed by atoms with E-state index in [0.717, 1.165) is 11.1 Å². The van der Waals surface area contributed by atoms with Gasteiger partial charge in [-0.15, -0.1) is 0 Å². The Morgan fingerprint density at radius 1 is 1.09 bits per heavy atom. The van der Waals surface area contributed by atoms with E-state index in [0.29, 0.717) is 37.9 Å². The highest BCUT2D eigenvalue weighted by Crippen LogP contribution is 2.36. The van der Waals surface area contributed by atoms with Gasteiger partial charge in [-0.3, -0.25) is 14.5 Å². The van der Waals surface area contributed by atoms with Gasteiger partial charge in [0.25, 0.3) is 5.91 Å². The smallest absolute Gasteiger partial charge is 0.270 e. The number of hydrogen-bond donors (Lipinski definition) is 0. The third-order valence-electron chi connectivity index (χ3n) is 4.83. The fourth-order valence-electron chi connectivity index (χ4n) is 3.14. The summed E-state index contributed by atoms with van der Waals surface area (Å²) in [4.78, 5) is 26.6. The second-order valence-electron chi connectivity index (χ2n) is 7.07. The molecular weight excluding hydrogens is 462 g/mol. The van der Waals surface area contributed by atoms with E-state index >= 15 is 0 Å². The van der Waals surface area contributed by atoms with Gasteiger partial charge < -0.3 is 4.74 Å². The maximum atomic E-state index is 13.0. The van der Waals surface area contributed by atoms with Gasteiger partial charge in [-0.05, 0) is 48.9 Å². The maximum Gasteiger partial charge on any atom is 0.270 e. The first-order chi connectivity index (χ1) is 15.4. The van der Waals surface area contributed by atoms with Crippen LogP contribution in [0.25, 0.3) is 6.08 Å². The van der Waals surface area contributed by atoms with E-state index in [2.05, 4.69) is 0 Å². The Bertz CT molecular complexity index is 1240. The van der Waals surface area contributed by atoms with Gasteiger partial charge in [0.2, 0.25) is 0 Å². The average molecular weight is 480 g/mol. The van der Waals surface area contributed by atoms with Crippen LogP contribution in [-0.2, 0) is 11.4 Å². The van der Waals surface area contributed by atoms with Crippen molar-refractivity contribution in [1.29, 1.82) is 0 Å². The molecule has 1 amide bonds. The molecule has 4 nitrogen and oxygen atoms in total. The first kappa shape index (κ1) is 22.3. The molecule has 0 atom stereocenters. The zero-order valence-corrected chi connectivity index (χ0v) is 19.5. The SMILES string of the molecule is CC(=O)c1cccc(N2C(=O)/C(=C/c3ccc(OCc4ccccc4Cl)cc3)SC2=S)c1. The second-order valence-corrected chi connectivity index (χ2v) is 9.16. The van der Waals surface area contributed by atoms with Crippen molar-refractivity contribution in [1.82, 2.24) is 0 Å². The van der Waals surface area contributed by atoms with Crippen LogP contribution in [0.1, 0.15) is 28.4 Å². The van der Waals surface area contributed by atoms with Crippen LogP contribution in [0.5, 0.6) is 5.75 Å². The van der Waals surface area contributed by atoms with Crippen molar-refractivity contribution in [3.8, 4) is 5.75 Å². The van der Waals surface area contributed by atoms with Gasteiger partial charge in [-0.25, -0.2) is 0 Å². The van der Waals surface area contributed by atoms with E-state index in [1.165, 1.54) is 23.6 Å². The largest absolute Gasteiger partial charge is 0.489 e. The fourth-order valence-corrected chi connectivity index (χ4v) is 4.63. The summed E-state index contributed by atoms with van der Waals surface area (Å²) in [5, 5.41) is 0.667. The molecule has 1 aliphatic rings. The molecule has 3 aromatic carbocycles. The number of hydrogen-bond acceptors (Lipinski definition) is 5. The number of ketones is 1. The number of ether oxygens (including phenoxy) is 1. The number of thiocarbonyl (C=S) groups is 1. The zero-order valence-electron chi connectivity index (χ0n) is 17.1. The highest BCUT2D eigenvalue weighted by atomic mass is 35.5. The normalized spacial score (nSPS) is 14.8. The molecule has 32 heavy (non-hydrogen) atoms. The number of halogens is 1. The standard InChI is InChI=1S/C25H18ClNO3S2/c1-16(28)18-6-4-7-20(14-18)27-24(29)23(32-25(27)31)13-17-9-11-21(12-10-17)30-15-19-5-2-3-8-22(19)26/h2-14H,15H2,1H3/b23-13-. The summed E-state index contributed by atoms with van der Waals surface area (Å²) in [6, 6.07) is 21.9. The Hall–Kier alpha value is -2.93. The fraction of sp³-hybridized carbons (Fsp3) is 0.0800. The lowest BCUT2D eigenvalue weighted by Crippen LogP contribution is -2.27. The van der Waals surface area contributed by atoms with Gasteiger partial charge in [0.05, 0.1) is 10.6 Å². The first-order valence-corrected chi connectivity index (χ1v) is 11.4. The Labute approximate surface area is 200 Å². The number of nitrogens with zero attached hydrogens (tertiary/aromatic N) is 1. The van der Waals surface area contributed by atoms with Crippen LogP contribution in [-0.4, -0.2) is 16.0 Å². The molecule has 0 spiro atoms. The van der Waals surface area contributed by atoms with E-state index in [1.807, 2.05) is 48.5 Å². The van der Waals surface area contributed by atoms with Crippen LogP contribution in [0, 0.1) is 0 Å². The molecule has 0 N–H and O–H groups in total. The molecule has 160 valence electrons. The Morgan fingerprint density at radius 3 is 2.56 bits per heavy atom. The van der Waals surface area contributed by atoms with Gasteiger partial charge in [-0.2, -0.15) is 0 Å². The molecule has 1 saturated heterocycles. The number of benzene rings is 3. The predicted octanol–water partition coefficient (Wildman–Crippen LogP) is 6.53. The van der Waals surface area contributed by atoms with Crippen molar-refractivity contribution in [2.24, 2.45) is 0 Å². The first-order valence-electron chi connectivity index (χ1n) is 9.77. The minimum atomic E-state index is -0.209. The number of amides is 1. The summed E-state index contributed by atoms with van der Waals surface area (Å²) in [5.41, 5.74) is 2.89. The van der Waals surface area contributed by atoms with Gasteiger partial charge in [-0.1, -0.05) is 78.0 Å². The summed E-state index contributed by atoms with van der Waals surface area (Å²) in [6.07, 6.45) is 1.80. The molecule has 0 radical (unpaired) electrons. The third-order valence-corrected chi connectivity index (χ3v) is 6.51. The molecule has 1 heterocycles. The lowest BCUT2D eigenvalue weighted by atomic mass is 10.1. The zero-order chi connectivity index (χ0) is 22.7. The Morgan fingerprint density at radius 2 is 1.84 bits per heavy atom. The van der Waals surface area contributed by atoms with Crippen molar-refractivity contribution in [2.45, 2.75) is 13.5 Å². The maximum absolute atomic E-state index is 13.0. The van der Waals surface area contributed by atoms with Gasteiger partial charge in [0, 0.05) is 16.1 Å². The molecule has 4 rings (SSSR count). The van der Waals surface area contributed by atoms with E-state index in [4.69, 9.17) is 28.6 Å². The summed E-state index contributed by atoms with van der Waals surface area (Å²) >= 11 is 12.8. The number of carbonyl (C=O) groups excluding carboxylic acids is 2. The summed E-state index contributed by atoms with van der Waals surface area (Å²) in [7, 11) is 0. The lowest BCUT2D eigenvalue weighted by Gasteiger charge is -2.15. The van der Waals surface area contributed by atoms with Crippen molar-refractivity contribution >= 4 is 63.4 Å². The molecule has 1 fully saturated rings. The number of rotatable bonds is 6.